The quantitative estimate of drug-likeness (QED) is 0.0481. The SMILES string of the molecule is CC(C)=CCC/C(C)=C/C[C@]12C[C@@H](CC=C(C)C)[C@](C)(CCC=C(C)C)[C@](CC=C(C)C)(C(=O)C(=C(O)c3ccc(O)c(O)c3)C1=O)C2=O. The molecule has 266 valence electrons. The van der Waals surface area contributed by atoms with Gasteiger partial charge in [0.2, 0.25) is 0 Å². The maximum atomic E-state index is 15.5. The molecule has 0 radical (unpaired) electrons. The molecule has 2 aliphatic rings. The van der Waals surface area contributed by atoms with Gasteiger partial charge in [0.1, 0.15) is 16.7 Å². The Bertz CT molecular complexity index is 1650. The van der Waals surface area contributed by atoms with Gasteiger partial charge in [0, 0.05) is 5.56 Å². The average Bonchev–Trinajstić information content (AvgIpc) is 3.00. The van der Waals surface area contributed by atoms with Crippen LogP contribution in [0.4, 0.5) is 0 Å². The summed E-state index contributed by atoms with van der Waals surface area (Å²) in [6.45, 7) is 20.2. The van der Waals surface area contributed by atoms with Crippen LogP contribution >= 0.6 is 0 Å². The van der Waals surface area contributed by atoms with Gasteiger partial charge in [0.15, 0.2) is 28.8 Å². The Morgan fingerprint density at radius 1 is 0.755 bits per heavy atom. The lowest BCUT2D eigenvalue weighted by atomic mass is 9.37. The molecule has 0 aromatic heterocycles. The number of aliphatic hydroxyl groups is 1. The number of fused-ring (bicyclic) bond motifs is 2. The van der Waals surface area contributed by atoms with E-state index in [-0.39, 0.29) is 36.5 Å². The van der Waals surface area contributed by atoms with Gasteiger partial charge in [-0.2, -0.15) is 0 Å². The molecule has 1 aromatic carbocycles. The van der Waals surface area contributed by atoms with Crippen molar-refractivity contribution in [1.29, 1.82) is 0 Å². The van der Waals surface area contributed by atoms with Crippen molar-refractivity contribution in [2.24, 2.45) is 22.2 Å². The molecule has 4 atom stereocenters. The Morgan fingerprint density at radius 2 is 1.35 bits per heavy atom. The number of aliphatic hydroxyl groups excluding tert-OH is 1. The zero-order valence-electron chi connectivity index (χ0n) is 31.4. The fourth-order valence-corrected chi connectivity index (χ4v) is 7.78. The maximum Gasteiger partial charge on any atom is 0.184 e. The third-order valence-corrected chi connectivity index (χ3v) is 10.8. The van der Waals surface area contributed by atoms with E-state index in [9.17, 15) is 20.1 Å². The average molecular weight is 671 g/mol. The number of ketones is 3. The van der Waals surface area contributed by atoms with Crippen molar-refractivity contribution in [3.05, 3.63) is 87.6 Å². The largest absolute Gasteiger partial charge is 0.506 e. The number of phenols is 2. The molecular weight excluding hydrogens is 612 g/mol. The van der Waals surface area contributed by atoms with Gasteiger partial charge in [-0.1, -0.05) is 65.2 Å². The van der Waals surface area contributed by atoms with Crippen molar-refractivity contribution in [1.82, 2.24) is 0 Å². The molecule has 3 rings (SSSR count). The molecule has 0 spiro atoms. The van der Waals surface area contributed by atoms with Crippen LogP contribution in [0.3, 0.4) is 0 Å². The minimum Gasteiger partial charge on any atom is -0.506 e. The molecule has 0 amide bonds. The Hall–Kier alpha value is -3.93. The van der Waals surface area contributed by atoms with Crippen molar-refractivity contribution in [3.63, 3.8) is 0 Å². The molecular formula is C43H58O6. The van der Waals surface area contributed by atoms with Crippen LogP contribution in [0.5, 0.6) is 11.5 Å². The summed E-state index contributed by atoms with van der Waals surface area (Å²) in [6.07, 6.45) is 14.3. The van der Waals surface area contributed by atoms with Crippen LogP contribution in [-0.4, -0.2) is 32.7 Å². The summed E-state index contributed by atoms with van der Waals surface area (Å²) in [5, 5.41) is 32.1. The van der Waals surface area contributed by atoms with E-state index in [0.29, 0.717) is 19.3 Å². The molecule has 3 N–H and O–H groups in total. The first-order chi connectivity index (χ1) is 22.8. The number of Topliss-reactive ketones (excluding diaryl/α,β-unsaturated/α-hetero) is 3. The topological polar surface area (TPSA) is 112 Å². The highest BCUT2D eigenvalue weighted by Gasteiger charge is 2.74. The third-order valence-electron chi connectivity index (χ3n) is 10.8. The molecule has 2 aliphatic carbocycles. The lowest BCUT2D eigenvalue weighted by molar-refractivity contribution is -0.178. The Kier molecular flexibility index (Phi) is 12.7. The van der Waals surface area contributed by atoms with Gasteiger partial charge < -0.3 is 15.3 Å². The minimum absolute atomic E-state index is 0.0210. The van der Waals surface area contributed by atoms with Crippen LogP contribution in [0, 0.1) is 22.2 Å². The first-order valence-corrected chi connectivity index (χ1v) is 17.6. The zero-order valence-corrected chi connectivity index (χ0v) is 31.4. The second kappa shape index (κ2) is 15.7. The summed E-state index contributed by atoms with van der Waals surface area (Å²) in [4.78, 5) is 45.8. The molecule has 2 saturated carbocycles. The predicted molar refractivity (Wildman–Crippen MR) is 199 cm³/mol. The fourth-order valence-electron chi connectivity index (χ4n) is 7.78. The predicted octanol–water partition coefficient (Wildman–Crippen LogP) is 10.6. The smallest absolute Gasteiger partial charge is 0.184 e. The Morgan fingerprint density at radius 3 is 1.92 bits per heavy atom. The van der Waals surface area contributed by atoms with E-state index < -0.39 is 50.6 Å². The van der Waals surface area contributed by atoms with E-state index in [2.05, 4.69) is 32.1 Å². The molecule has 0 unspecified atom stereocenters. The monoisotopic (exact) mass is 670 g/mol. The van der Waals surface area contributed by atoms with Crippen LogP contribution in [0.15, 0.2) is 82.0 Å². The lowest BCUT2D eigenvalue weighted by Crippen LogP contribution is -2.70. The number of allylic oxidation sites excluding steroid dienone is 11. The minimum atomic E-state index is -1.63. The summed E-state index contributed by atoms with van der Waals surface area (Å²) in [5.41, 5.74) is 1.06. The van der Waals surface area contributed by atoms with Gasteiger partial charge in [-0.3, -0.25) is 14.4 Å². The Balaban J connectivity index is 2.47. The van der Waals surface area contributed by atoms with Crippen LogP contribution < -0.4 is 0 Å². The Labute approximate surface area is 294 Å². The highest BCUT2D eigenvalue weighted by Crippen LogP contribution is 2.67. The van der Waals surface area contributed by atoms with Crippen molar-refractivity contribution in [3.8, 4) is 11.5 Å². The molecule has 0 aliphatic heterocycles. The molecule has 1 aromatic rings. The second-order valence-electron chi connectivity index (χ2n) is 15.6. The summed E-state index contributed by atoms with van der Waals surface area (Å²) < 4.78 is 0. The molecule has 0 saturated heterocycles. The molecule has 49 heavy (non-hydrogen) atoms. The van der Waals surface area contributed by atoms with Gasteiger partial charge in [-0.05, 0) is 143 Å². The molecule has 2 bridgehead atoms. The van der Waals surface area contributed by atoms with E-state index in [0.717, 1.165) is 41.2 Å². The zero-order chi connectivity index (χ0) is 36.9. The standard InChI is InChI=1S/C43H58O6/c1-27(2)13-11-15-31(9)21-23-42-26-33(18-16-29(5)6)41(10,22-12-14-28(3)4)43(40(42)49,24-20-30(7)8)39(48)36(38(42)47)37(46)32-17-19-34(44)35(45)25-32/h13-14,16-17,19-21,25,33,44-46H,11-12,15,18,22-24,26H2,1-10H3/b31-21+,37-36?/t33-,41+,42+,43-/m1/s1. The summed E-state index contributed by atoms with van der Waals surface area (Å²) >= 11 is 0. The van der Waals surface area contributed by atoms with Crippen LogP contribution in [0.2, 0.25) is 0 Å². The number of phenolic OH excluding ortho intramolecular Hbond substituents is 2. The van der Waals surface area contributed by atoms with Crippen LogP contribution in [-0.2, 0) is 14.4 Å². The van der Waals surface area contributed by atoms with Gasteiger partial charge >= 0.3 is 0 Å². The lowest BCUT2D eigenvalue weighted by Gasteiger charge is -2.61. The molecule has 6 nitrogen and oxygen atoms in total. The second-order valence-corrected chi connectivity index (χ2v) is 15.6. The highest BCUT2D eigenvalue weighted by molar-refractivity contribution is 6.41. The van der Waals surface area contributed by atoms with Crippen LogP contribution in [0.25, 0.3) is 5.76 Å². The number of hydrogen-bond acceptors (Lipinski definition) is 6. The number of carbonyl (C=O) groups excluding carboxylic acids is 3. The number of benzene rings is 1. The van der Waals surface area contributed by atoms with Gasteiger partial charge in [0.05, 0.1) is 5.41 Å². The van der Waals surface area contributed by atoms with Crippen LogP contribution in [0.1, 0.15) is 126 Å². The molecule has 2 fully saturated rings. The van der Waals surface area contributed by atoms with E-state index in [4.69, 9.17) is 0 Å². The number of carbonyl (C=O) groups is 3. The summed E-state index contributed by atoms with van der Waals surface area (Å²) in [6, 6.07) is 3.70. The van der Waals surface area contributed by atoms with E-state index in [1.807, 2.05) is 67.5 Å². The van der Waals surface area contributed by atoms with Crippen molar-refractivity contribution in [2.45, 2.75) is 121 Å². The molecule has 6 heteroatoms. The normalized spacial score (nSPS) is 26.2. The first-order valence-electron chi connectivity index (χ1n) is 17.6. The van der Waals surface area contributed by atoms with Crippen molar-refractivity contribution < 1.29 is 29.7 Å². The van der Waals surface area contributed by atoms with Gasteiger partial charge in [-0.15, -0.1) is 0 Å². The number of rotatable bonds is 13. The van der Waals surface area contributed by atoms with Gasteiger partial charge in [0.25, 0.3) is 0 Å². The number of hydrogen-bond donors (Lipinski definition) is 3. The maximum absolute atomic E-state index is 15.5. The third kappa shape index (κ3) is 7.95. The summed E-state index contributed by atoms with van der Waals surface area (Å²) in [5.74, 6) is -3.32. The van der Waals surface area contributed by atoms with E-state index >= 15 is 9.59 Å². The summed E-state index contributed by atoms with van der Waals surface area (Å²) in [7, 11) is 0. The number of aromatic hydroxyl groups is 2. The highest BCUT2D eigenvalue weighted by atomic mass is 16.3. The first kappa shape index (κ1) is 39.5. The van der Waals surface area contributed by atoms with E-state index in [1.54, 1.807) is 0 Å². The van der Waals surface area contributed by atoms with Crippen molar-refractivity contribution >= 4 is 23.1 Å². The van der Waals surface area contributed by atoms with E-state index in [1.165, 1.54) is 17.7 Å². The fraction of sp³-hybridized carbons (Fsp3) is 0.512. The van der Waals surface area contributed by atoms with Crippen molar-refractivity contribution in [2.75, 3.05) is 0 Å². The van der Waals surface area contributed by atoms with Gasteiger partial charge in [-0.25, -0.2) is 0 Å². The molecule has 0 heterocycles.